The van der Waals surface area contributed by atoms with Crippen LogP contribution in [-0.4, -0.2) is 16.5 Å². The van der Waals surface area contributed by atoms with Gasteiger partial charge in [-0.3, -0.25) is 4.98 Å². The van der Waals surface area contributed by atoms with Gasteiger partial charge in [0.2, 0.25) is 0 Å². The summed E-state index contributed by atoms with van der Waals surface area (Å²) in [6, 6.07) is 12.4. The van der Waals surface area contributed by atoms with Crippen LogP contribution < -0.4 is 5.73 Å². The van der Waals surface area contributed by atoms with Gasteiger partial charge >= 0.3 is 0 Å². The Labute approximate surface area is 118 Å². The van der Waals surface area contributed by atoms with Gasteiger partial charge in [0.1, 0.15) is 0 Å². The zero-order chi connectivity index (χ0) is 12.4. The van der Waals surface area contributed by atoms with E-state index < -0.39 is 0 Å². The van der Waals surface area contributed by atoms with Gasteiger partial charge in [0.05, 0.1) is 0 Å². The topological polar surface area (TPSA) is 54.7 Å². The Hall–Kier alpha value is -1.84. The number of para-hydroxylation sites is 1. The molecular weight excluding hydrogens is 258 g/mol. The number of H-pyrrole nitrogens is 1. The van der Waals surface area contributed by atoms with Crippen LogP contribution in [0.5, 0.6) is 0 Å². The van der Waals surface area contributed by atoms with E-state index in [4.69, 9.17) is 5.73 Å². The van der Waals surface area contributed by atoms with E-state index in [0.29, 0.717) is 6.54 Å². The maximum absolute atomic E-state index is 5.73. The second kappa shape index (κ2) is 5.87. The third-order valence-corrected chi connectivity index (χ3v) is 3.18. The molecule has 0 radical (unpaired) electrons. The number of nitrogens with one attached hydrogen (secondary N) is 1. The number of nitrogens with two attached hydrogens (primary N) is 1. The van der Waals surface area contributed by atoms with Gasteiger partial charge in [-0.2, -0.15) is 0 Å². The molecular formula is C15H16ClN3. The van der Waals surface area contributed by atoms with Crippen LogP contribution in [0.2, 0.25) is 0 Å². The number of pyridine rings is 1. The molecule has 2 aromatic heterocycles. The monoisotopic (exact) mass is 273 g/mol. The Balaban J connectivity index is 0.00000133. The molecule has 0 spiro atoms. The minimum Gasteiger partial charge on any atom is -0.354 e. The highest BCUT2D eigenvalue weighted by atomic mass is 35.5. The van der Waals surface area contributed by atoms with Crippen LogP contribution in [0.4, 0.5) is 0 Å². The van der Waals surface area contributed by atoms with Crippen LogP contribution in [0, 0.1) is 0 Å². The summed E-state index contributed by atoms with van der Waals surface area (Å²) in [5, 5.41) is 1.26. The summed E-state index contributed by atoms with van der Waals surface area (Å²) in [7, 11) is 0. The second-order valence-electron chi connectivity index (χ2n) is 4.30. The third kappa shape index (κ3) is 2.48. The Morgan fingerprint density at radius 2 is 1.79 bits per heavy atom. The largest absolute Gasteiger partial charge is 0.354 e. The molecule has 19 heavy (non-hydrogen) atoms. The Kier molecular flexibility index (Phi) is 4.20. The van der Waals surface area contributed by atoms with Gasteiger partial charge in [-0.1, -0.05) is 18.2 Å². The number of rotatable bonds is 3. The molecule has 0 aliphatic rings. The summed E-state index contributed by atoms with van der Waals surface area (Å²) in [6.07, 6.45) is 4.50. The quantitative estimate of drug-likeness (QED) is 0.770. The SMILES string of the molecule is Cl.NCCc1c(-c2ccncc2)[nH]c2ccccc12. The average molecular weight is 274 g/mol. The van der Waals surface area contributed by atoms with Gasteiger partial charge in [-0.15, -0.1) is 12.4 Å². The number of aromatic nitrogens is 2. The number of nitrogens with zero attached hydrogens (tertiary/aromatic N) is 1. The third-order valence-electron chi connectivity index (χ3n) is 3.18. The van der Waals surface area contributed by atoms with Crippen LogP contribution in [0.15, 0.2) is 48.8 Å². The zero-order valence-electron chi connectivity index (χ0n) is 10.5. The van der Waals surface area contributed by atoms with E-state index >= 15 is 0 Å². The van der Waals surface area contributed by atoms with Gasteiger partial charge in [-0.05, 0) is 36.7 Å². The molecule has 3 rings (SSSR count). The van der Waals surface area contributed by atoms with Crippen molar-refractivity contribution in [2.75, 3.05) is 6.54 Å². The van der Waals surface area contributed by atoms with E-state index in [2.05, 4.69) is 28.2 Å². The fourth-order valence-corrected chi connectivity index (χ4v) is 2.37. The summed E-state index contributed by atoms with van der Waals surface area (Å²) >= 11 is 0. The lowest BCUT2D eigenvalue weighted by molar-refractivity contribution is 0.978. The lowest BCUT2D eigenvalue weighted by atomic mass is 10.0. The predicted octanol–water partition coefficient (Wildman–Crippen LogP) is 3.15. The predicted molar refractivity (Wildman–Crippen MR) is 81.5 cm³/mol. The van der Waals surface area contributed by atoms with Gasteiger partial charge in [0.15, 0.2) is 0 Å². The number of hydrogen-bond acceptors (Lipinski definition) is 2. The number of hydrogen-bond donors (Lipinski definition) is 2. The normalized spacial score (nSPS) is 10.4. The minimum absolute atomic E-state index is 0. The molecule has 0 saturated carbocycles. The number of fused-ring (bicyclic) bond motifs is 1. The molecule has 0 aliphatic carbocycles. The lowest BCUT2D eigenvalue weighted by Crippen LogP contribution is -2.03. The van der Waals surface area contributed by atoms with E-state index in [1.165, 1.54) is 10.9 Å². The van der Waals surface area contributed by atoms with Crippen LogP contribution >= 0.6 is 12.4 Å². The van der Waals surface area contributed by atoms with Gasteiger partial charge in [0, 0.05) is 34.6 Å². The van der Waals surface area contributed by atoms with E-state index in [1.807, 2.05) is 30.6 Å². The van der Waals surface area contributed by atoms with Crippen molar-refractivity contribution in [3.05, 3.63) is 54.4 Å². The van der Waals surface area contributed by atoms with E-state index in [-0.39, 0.29) is 12.4 Å². The minimum atomic E-state index is 0. The molecule has 3 aromatic rings. The molecule has 1 aromatic carbocycles. The summed E-state index contributed by atoms with van der Waals surface area (Å²) in [5.41, 5.74) is 10.5. The molecule has 3 N–H and O–H groups in total. The summed E-state index contributed by atoms with van der Waals surface area (Å²) in [4.78, 5) is 7.54. The standard InChI is InChI=1S/C15H15N3.ClH/c16-8-5-13-12-3-1-2-4-14(12)18-15(13)11-6-9-17-10-7-11;/h1-4,6-7,9-10,18H,5,8,16H2;1H. The summed E-state index contributed by atoms with van der Waals surface area (Å²) < 4.78 is 0. The zero-order valence-corrected chi connectivity index (χ0v) is 11.3. The first kappa shape index (κ1) is 13.6. The second-order valence-corrected chi connectivity index (χ2v) is 4.30. The highest BCUT2D eigenvalue weighted by Gasteiger charge is 2.11. The summed E-state index contributed by atoms with van der Waals surface area (Å²) in [6.45, 7) is 0.653. The van der Waals surface area contributed by atoms with Crippen molar-refractivity contribution < 1.29 is 0 Å². The molecule has 0 bridgehead atoms. The maximum Gasteiger partial charge on any atom is 0.0498 e. The molecule has 2 heterocycles. The molecule has 4 heteroatoms. The molecule has 98 valence electrons. The summed E-state index contributed by atoms with van der Waals surface area (Å²) in [5.74, 6) is 0. The van der Waals surface area contributed by atoms with Crippen LogP contribution in [0.25, 0.3) is 22.2 Å². The van der Waals surface area contributed by atoms with E-state index in [9.17, 15) is 0 Å². The van der Waals surface area contributed by atoms with Crippen LogP contribution in [0.3, 0.4) is 0 Å². The molecule has 0 unspecified atom stereocenters. The molecule has 0 amide bonds. The van der Waals surface area contributed by atoms with Gasteiger partial charge in [-0.25, -0.2) is 0 Å². The molecule has 0 saturated heterocycles. The smallest absolute Gasteiger partial charge is 0.0498 e. The Morgan fingerprint density at radius 3 is 2.53 bits per heavy atom. The first-order chi connectivity index (χ1) is 8.90. The van der Waals surface area contributed by atoms with Gasteiger partial charge < -0.3 is 10.7 Å². The molecule has 0 atom stereocenters. The Bertz CT molecular complexity index is 661. The van der Waals surface area contributed by atoms with Crippen molar-refractivity contribution in [2.24, 2.45) is 5.73 Å². The van der Waals surface area contributed by atoms with Crippen molar-refractivity contribution in [1.29, 1.82) is 0 Å². The molecule has 0 fully saturated rings. The van der Waals surface area contributed by atoms with Crippen LogP contribution in [0.1, 0.15) is 5.56 Å². The molecule has 0 aliphatic heterocycles. The number of aromatic amines is 1. The first-order valence-electron chi connectivity index (χ1n) is 6.10. The van der Waals surface area contributed by atoms with Crippen molar-refractivity contribution >= 4 is 23.3 Å². The van der Waals surface area contributed by atoms with E-state index in [0.717, 1.165) is 23.2 Å². The first-order valence-corrected chi connectivity index (χ1v) is 6.10. The fourth-order valence-electron chi connectivity index (χ4n) is 2.37. The van der Waals surface area contributed by atoms with Crippen molar-refractivity contribution in [3.63, 3.8) is 0 Å². The van der Waals surface area contributed by atoms with Crippen molar-refractivity contribution in [3.8, 4) is 11.3 Å². The van der Waals surface area contributed by atoms with Crippen molar-refractivity contribution in [2.45, 2.75) is 6.42 Å². The highest BCUT2D eigenvalue weighted by Crippen LogP contribution is 2.30. The number of halogens is 1. The molecule has 3 nitrogen and oxygen atoms in total. The highest BCUT2D eigenvalue weighted by molar-refractivity contribution is 5.90. The van der Waals surface area contributed by atoms with Crippen molar-refractivity contribution in [1.82, 2.24) is 9.97 Å². The lowest BCUT2D eigenvalue weighted by Gasteiger charge is -2.03. The van der Waals surface area contributed by atoms with Gasteiger partial charge in [0.25, 0.3) is 0 Å². The fraction of sp³-hybridized carbons (Fsp3) is 0.133. The van der Waals surface area contributed by atoms with E-state index in [1.54, 1.807) is 0 Å². The Morgan fingerprint density at radius 1 is 1.05 bits per heavy atom. The average Bonchev–Trinajstić information content (AvgIpc) is 2.80. The maximum atomic E-state index is 5.73. The number of benzene rings is 1. The van der Waals surface area contributed by atoms with Crippen LogP contribution in [-0.2, 0) is 6.42 Å².